The molecule has 36 heavy (non-hydrogen) atoms. The molecule has 0 aliphatic carbocycles. The van der Waals surface area contributed by atoms with E-state index in [9.17, 15) is 18.0 Å². The summed E-state index contributed by atoms with van der Waals surface area (Å²) in [4.78, 5) is 17.7. The van der Waals surface area contributed by atoms with Gasteiger partial charge in [0.1, 0.15) is 11.6 Å². The number of hydrogen-bond donors (Lipinski definition) is 2. The average Bonchev–Trinajstić information content (AvgIpc) is 2.84. The number of benzene rings is 2. The zero-order valence-electron chi connectivity index (χ0n) is 19.2. The van der Waals surface area contributed by atoms with E-state index in [1.165, 1.54) is 31.4 Å². The van der Waals surface area contributed by atoms with Crippen LogP contribution in [0, 0.1) is 0 Å². The number of anilines is 5. The van der Waals surface area contributed by atoms with Crippen molar-refractivity contribution in [2.75, 3.05) is 48.9 Å². The van der Waals surface area contributed by atoms with Crippen LogP contribution in [0.15, 0.2) is 54.7 Å². The summed E-state index contributed by atoms with van der Waals surface area (Å²) in [6, 6.07) is 12.6. The molecule has 4 rings (SSSR count). The van der Waals surface area contributed by atoms with Crippen LogP contribution in [0.4, 0.5) is 41.7 Å². The quantitative estimate of drug-likeness (QED) is 0.336. The van der Waals surface area contributed by atoms with Crippen LogP contribution >= 0.6 is 0 Å². The maximum Gasteiger partial charge on any atom is 0.419 e. The van der Waals surface area contributed by atoms with E-state index in [0.717, 1.165) is 18.8 Å². The first-order chi connectivity index (χ1) is 16.8. The molecule has 1 aromatic heterocycles. The van der Waals surface area contributed by atoms with E-state index in [1.807, 2.05) is 12.1 Å². The van der Waals surface area contributed by atoms with Crippen LogP contribution in [0.2, 0.25) is 0 Å². The number of methoxy groups -OCH3 is 1. The number of carbonyl (C=O) groups excluding carboxylic acids is 1. The fourth-order valence-corrected chi connectivity index (χ4v) is 3.73. The molecule has 0 unspecified atom stereocenters. The second-order valence-corrected chi connectivity index (χ2v) is 7.72. The first-order valence-corrected chi connectivity index (χ1v) is 10.7. The Labute approximate surface area is 219 Å². The summed E-state index contributed by atoms with van der Waals surface area (Å²) in [6.07, 6.45) is -3.98. The SMILES string of the molecule is COc1cc(N2CCOCC2)ccc1Nc1cc(Nc2ccccc2C([NH-])=O)c(C(F)(F)F)cn1.[Re]. The van der Waals surface area contributed by atoms with Gasteiger partial charge in [-0.2, -0.15) is 13.2 Å². The molecule has 2 aromatic carbocycles. The molecule has 1 saturated heterocycles. The summed E-state index contributed by atoms with van der Waals surface area (Å²) in [5.41, 5.74) is 7.55. The molecule has 0 bridgehead atoms. The number of alkyl halides is 3. The van der Waals surface area contributed by atoms with Crippen molar-refractivity contribution >= 4 is 34.5 Å². The van der Waals surface area contributed by atoms with Gasteiger partial charge in [-0.1, -0.05) is 18.2 Å². The number of nitrogens with one attached hydrogen (secondary N) is 3. The largest absolute Gasteiger partial charge is 0.663 e. The fourth-order valence-electron chi connectivity index (χ4n) is 3.73. The topological polar surface area (TPSA) is 99.5 Å². The number of hydrogen-bond acceptors (Lipinski definition) is 7. The zero-order chi connectivity index (χ0) is 25.0. The molecular formula is C24H23F3N5O3Re-. The average molecular weight is 673 g/mol. The van der Waals surface area contributed by atoms with Crippen LogP contribution in [0.3, 0.4) is 0 Å². The second kappa shape index (κ2) is 11.6. The van der Waals surface area contributed by atoms with Crippen LogP contribution in [-0.2, 0) is 31.3 Å². The summed E-state index contributed by atoms with van der Waals surface area (Å²) in [5.74, 6) is -0.387. The van der Waals surface area contributed by atoms with Gasteiger partial charge in [0.05, 0.1) is 43.2 Å². The van der Waals surface area contributed by atoms with Crippen LogP contribution in [0.5, 0.6) is 5.75 Å². The van der Waals surface area contributed by atoms with Crippen molar-refractivity contribution in [3.8, 4) is 5.75 Å². The van der Waals surface area contributed by atoms with Crippen molar-refractivity contribution in [2.45, 2.75) is 6.18 Å². The molecule has 191 valence electrons. The van der Waals surface area contributed by atoms with Crippen LogP contribution < -0.4 is 20.3 Å². The molecule has 0 saturated carbocycles. The predicted molar refractivity (Wildman–Crippen MR) is 127 cm³/mol. The van der Waals surface area contributed by atoms with Gasteiger partial charge >= 0.3 is 6.18 Å². The molecule has 1 aliphatic rings. The van der Waals surface area contributed by atoms with Crippen LogP contribution in [0.25, 0.3) is 5.73 Å². The van der Waals surface area contributed by atoms with Gasteiger partial charge < -0.3 is 35.5 Å². The standard InChI is InChI=1S/C24H24F3N5O3.Re/c1-34-21-12-15(32-8-10-35-11-9-32)6-7-19(21)31-22-13-20(17(14-29-22)24(25,26)27)30-18-5-3-2-4-16(18)23(28)33;/h2-7,12-14H,8-11H2,1H3,(H4,28,29,30,31,33);/p-1. The van der Waals surface area contributed by atoms with E-state index >= 15 is 0 Å². The smallest absolute Gasteiger partial charge is 0.419 e. The van der Waals surface area contributed by atoms with Gasteiger partial charge in [0.25, 0.3) is 0 Å². The molecule has 1 radical (unpaired) electrons. The molecule has 1 fully saturated rings. The Morgan fingerprint density at radius 1 is 1.06 bits per heavy atom. The van der Waals surface area contributed by atoms with Gasteiger partial charge in [-0.15, -0.1) is 0 Å². The molecule has 0 atom stereocenters. The van der Waals surface area contributed by atoms with E-state index in [2.05, 4.69) is 20.5 Å². The summed E-state index contributed by atoms with van der Waals surface area (Å²) in [7, 11) is 1.51. The first-order valence-electron chi connectivity index (χ1n) is 10.7. The number of para-hydroxylation sites is 1. The Balaban J connectivity index is 0.00000361. The normalized spacial score (nSPS) is 13.5. The Hall–Kier alpha value is -3.33. The van der Waals surface area contributed by atoms with Crippen LogP contribution in [0.1, 0.15) is 15.9 Å². The maximum absolute atomic E-state index is 13.7. The first kappa shape index (κ1) is 27.3. The number of ether oxygens (including phenoxy) is 2. The van der Waals surface area contributed by atoms with Gasteiger partial charge in [0.2, 0.25) is 0 Å². The number of carbonyl (C=O) groups is 1. The number of halogens is 3. The third kappa shape index (κ3) is 6.26. The number of rotatable bonds is 7. The van der Waals surface area contributed by atoms with Gasteiger partial charge in [-0.3, -0.25) is 0 Å². The van der Waals surface area contributed by atoms with E-state index in [0.29, 0.717) is 30.8 Å². The number of nitrogens with zero attached hydrogens (tertiary/aromatic N) is 2. The third-order valence-electron chi connectivity index (χ3n) is 5.47. The van der Waals surface area contributed by atoms with Gasteiger partial charge in [-0.05, 0) is 18.2 Å². The Morgan fingerprint density at radius 2 is 1.78 bits per heavy atom. The minimum Gasteiger partial charge on any atom is -0.663 e. The van der Waals surface area contributed by atoms with Crippen molar-refractivity contribution in [2.24, 2.45) is 0 Å². The van der Waals surface area contributed by atoms with E-state index in [1.54, 1.807) is 12.1 Å². The Morgan fingerprint density at radius 3 is 2.44 bits per heavy atom. The van der Waals surface area contributed by atoms with Crippen molar-refractivity contribution in [3.63, 3.8) is 0 Å². The maximum atomic E-state index is 13.7. The molecule has 0 spiro atoms. The second-order valence-electron chi connectivity index (χ2n) is 7.72. The van der Waals surface area contributed by atoms with Crippen molar-refractivity contribution in [3.05, 3.63) is 71.6 Å². The number of morpholine rings is 1. The Bertz CT molecular complexity index is 1220. The molecule has 3 aromatic rings. The summed E-state index contributed by atoms with van der Waals surface area (Å²) >= 11 is 0. The summed E-state index contributed by atoms with van der Waals surface area (Å²) < 4.78 is 51.9. The van der Waals surface area contributed by atoms with E-state index in [-0.39, 0.29) is 43.2 Å². The minimum atomic E-state index is -4.69. The molecule has 8 nitrogen and oxygen atoms in total. The number of pyridine rings is 1. The van der Waals surface area contributed by atoms with Gasteiger partial charge in [0.15, 0.2) is 0 Å². The zero-order valence-corrected chi connectivity index (χ0v) is 21.9. The summed E-state index contributed by atoms with van der Waals surface area (Å²) in [6.45, 7) is 2.74. The van der Waals surface area contributed by atoms with Gasteiger partial charge in [-0.25, -0.2) is 4.98 Å². The molecule has 3 N–H and O–H groups in total. The van der Waals surface area contributed by atoms with Crippen molar-refractivity contribution in [1.29, 1.82) is 0 Å². The van der Waals surface area contributed by atoms with E-state index < -0.39 is 17.6 Å². The summed E-state index contributed by atoms with van der Waals surface area (Å²) in [5, 5.41) is 5.65. The fraction of sp³-hybridized carbons (Fsp3) is 0.250. The molecule has 1 amide bonds. The number of aromatic nitrogens is 1. The monoisotopic (exact) mass is 673 g/mol. The van der Waals surface area contributed by atoms with Gasteiger partial charge in [0, 0.05) is 68.8 Å². The predicted octanol–water partition coefficient (Wildman–Crippen LogP) is 5.62. The molecule has 12 heteroatoms. The molecule has 2 heterocycles. The minimum absolute atomic E-state index is 0. The van der Waals surface area contributed by atoms with Crippen LogP contribution in [-0.4, -0.2) is 44.3 Å². The Kier molecular flexibility index (Phi) is 8.79. The molecular weight excluding hydrogens is 649 g/mol. The number of amides is 1. The third-order valence-corrected chi connectivity index (χ3v) is 5.47. The van der Waals surface area contributed by atoms with E-state index in [4.69, 9.17) is 15.2 Å². The molecule has 1 aliphatic heterocycles. The van der Waals surface area contributed by atoms with Crippen molar-refractivity contribution in [1.82, 2.24) is 4.98 Å². The van der Waals surface area contributed by atoms with Crippen molar-refractivity contribution < 1.29 is 47.9 Å².